The number of aromatic nitrogens is 2. The molecule has 0 fully saturated rings. The number of hydrogen-bond acceptors (Lipinski definition) is 2. The Hall–Kier alpha value is -1.48. The van der Waals surface area contributed by atoms with Gasteiger partial charge in [-0.3, -0.25) is 0 Å². The van der Waals surface area contributed by atoms with E-state index in [4.69, 9.17) is 0 Å². The molecule has 2 rings (SSSR count). The van der Waals surface area contributed by atoms with E-state index in [1.54, 1.807) is 6.20 Å². The highest BCUT2D eigenvalue weighted by molar-refractivity contribution is 7.99. The first-order valence-electron chi connectivity index (χ1n) is 7.09. The minimum absolute atomic E-state index is 0.785. The van der Waals surface area contributed by atoms with Crippen LogP contribution in [0.2, 0.25) is 0 Å². The van der Waals surface area contributed by atoms with E-state index >= 15 is 0 Å². The lowest BCUT2D eigenvalue weighted by atomic mass is 10.2. The van der Waals surface area contributed by atoms with Gasteiger partial charge in [0, 0.05) is 23.8 Å². The number of nitrogens with zero attached hydrogens (tertiary/aromatic N) is 2. The Balaban J connectivity index is 1.80. The second kappa shape index (κ2) is 7.95. The average molecular weight is 286 g/mol. The number of hydrogen-bond donors (Lipinski definition) is 0. The van der Waals surface area contributed by atoms with Crippen molar-refractivity contribution in [1.82, 2.24) is 9.55 Å². The summed E-state index contributed by atoms with van der Waals surface area (Å²) in [7, 11) is 0. The highest BCUT2D eigenvalue weighted by Gasteiger charge is 1.97. The van der Waals surface area contributed by atoms with Gasteiger partial charge in [0.25, 0.3) is 0 Å². The van der Waals surface area contributed by atoms with Gasteiger partial charge >= 0.3 is 0 Å². The number of allylic oxidation sites excluding steroid dienone is 1. The van der Waals surface area contributed by atoms with Crippen LogP contribution >= 0.6 is 11.8 Å². The van der Waals surface area contributed by atoms with Gasteiger partial charge in [-0.25, -0.2) is 4.98 Å². The summed E-state index contributed by atoms with van der Waals surface area (Å²) < 4.78 is 2.05. The third kappa shape index (κ3) is 5.25. The van der Waals surface area contributed by atoms with Crippen molar-refractivity contribution in [3.8, 4) is 0 Å². The Morgan fingerprint density at radius 1 is 1.25 bits per heavy atom. The van der Waals surface area contributed by atoms with Crippen LogP contribution in [-0.2, 0) is 6.54 Å². The molecule has 3 heteroatoms. The molecule has 106 valence electrons. The number of thioether (sulfide) groups is 1. The van der Waals surface area contributed by atoms with Crippen LogP contribution in [0.25, 0.3) is 6.08 Å². The van der Waals surface area contributed by atoms with Crippen molar-refractivity contribution in [2.24, 2.45) is 5.92 Å². The Bertz CT molecular complexity index is 512. The Labute approximate surface area is 125 Å². The zero-order chi connectivity index (χ0) is 14.2. The minimum Gasteiger partial charge on any atom is -0.334 e. The van der Waals surface area contributed by atoms with Gasteiger partial charge in [0.2, 0.25) is 0 Å². The van der Waals surface area contributed by atoms with Gasteiger partial charge in [-0.1, -0.05) is 38.1 Å². The van der Waals surface area contributed by atoms with Crippen LogP contribution in [0, 0.1) is 5.92 Å². The summed E-state index contributed by atoms with van der Waals surface area (Å²) in [6, 6.07) is 8.79. The van der Waals surface area contributed by atoms with Gasteiger partial charge in [-0.05, 0) is 35.8 Å². The van der Waals surface area contributed by atoms with Crippen molar-refractivity contribution < 1.29 is 0 Å². The van der Waals surface area contributed by atoms with Crippen LogP contribution in [-0.4, -0.2) is 15.3 Å². The monoisotopic (exact) mass is 286 g/mol. The summed E-state index contributed by atoms with van der Waals surface area (Å²) in [5, 5.41) is 0. The molecule has 0 saturated heterocycles. The number of benzene rings is 1. The Morgan fingerprint density at radius 3 is 2.70 bits per heavy atom. The van der Waals surface area contributed by atoms with E-state index in [-0.39, 0.29) is 0 Å². The predicted molar refractivity (Wildman–Crippen MR) is 87.9 cm³/mol. The first-order valence-corrected chi connectivity index (χ1v) is 8.08. The molecule has 1 aromatic carbocycles. The van der Waals surface area contributed by atoms with Gasteiger partial charge in [-0.2, -0.15) is 0 Å². The highest BCUT2D eigenvalue weighted by Crippen LogP contribution is 2.21. The van der Waals surface area contributed by atoms with E-state index in [0.29, 0.717) is 0 Å². The van der Waals surface area contributed by atoms with E-state index < -0.39 is 0 Å². The maximum absolute atomic E-state index is 4.03. The molecular weight excluding hydrogens is 264 g/mol. The Morgan fingerprint density at radius 2 is 2.05 bits per heavy atom. The highest BCUT2D eigenvalue weighted by atomic mass is 32.2. The van der Waals surface area contributed by atoms with Gasteiger partial charge in [-0.15, -0.1) is 11.8 Å². The summed E-state index contributed by atoms with van der Waals surface area (Å²) in [6.45, 7) is 5.41. The quantitative estimate of drug-likeness (QED) is 0.684. The summed E-state index contributed by atoms with van der Waals surface area (Å²) in [5.41, 5.74) is 1.25. The zero-order valence-corrected chi connectivity index (χ0v) is 13.0. The molecule has 2 aromatic rings. The fourth-order valence-electron chi connectivity index (χ4n) is 1.79. The molecule has 0 amide bonds. The Kier molecular flexibility index (Phi) is 5.93. The lowest BCUT2D eigenvalue weighted by Crippen LogP contribution is -1.89. The SMILES string of the molecule is CC(C)CCSc1ccc(C=CCn2ccnc2)cc1. The summed E-state index contributed by atoms with van der Waals surface area (Å²) in [6.07, 6.45) is 11.2. The van der Waals surface area contributed by atoms with Gasteiger partial charge in [0.05, 0.1) is 6.33 Å². The first-order chi connectivity index (χ1) is 9.74. The van der Waals surface area contributed by atoms with Gasteiger partial charge < -0.3 is 4.57 Å². The van der Waals surface area contributed by atoms with Crippen molar-refractivity contribution in [1.29, 1.82) is 0 Å². The number of imidazole rings is 1. The summed E-state index contributed by atoms with van der Waals surface area (Å²) >= 11 is 1.94. The zero-order valence-electron chi connectivity index (χ0n) is 12.2. The third-order valence-electron chi connectivity index (χ3n) is 3.03. The molecule has 0 bridgehead atoms. The van der Waals surface area contributed by atoms with Crippen LogP contribution in [0.3, 0.4) is 0 Å². The molecule has 0 spiro atoms. The second-order valence-electron chi connectivity index (χ2n) is 5.26. The number of rotatable bonds is 7. The fraction of sp³-hybridized carbons (Fsp3) is 0.353. The van der Waals surface area contributed by atoms with Crippen LogP contribution < -0.4 is 0 Å². The molecule has 0 N–H and O–H groups in total. The largest absolute Gasteiger partial charge is 0.334 e. The molecule has 1 heterocycles. The third-order valence-corrected chi connectivity index (χ3v) is 4.08. The topological polar surface area (TPSA) is 17.8 Å². The van der Waals surface area contributed by atoms with Crippen LogP contribution in [0.5, 0.6) is 0 Å². The van der Waals surface area contributed by atoms with Crippen molar-refractivity contribution >= 4 is 17.8 Å². The fourth-order valence-corrected chi connectivity index (χ4v) is 2.95. The first kappa shape index (κ1) is 14.9. The van der Waals surface area contributed by atoms with E-state index in [2.05, 4.69) is 55.2 Å². The van der Waals surface area contributed by atoms with E-state index in [1.165, 1.54) is 22.6 Å². The predicted octanol–water partition coefficient (Wildman–Crippen LogP) is 4.73. The van der Waals surface area contributed by atoms with E-state index in [0.717, 1.165) is 12.5 Å². The molecule has 0 radical (unpaired) electrons. The standard InChI is InChI=1S/C17H22N2S/c1-15(2)9-13-20-17-7-5-16(6-8-17)4-3-11-19-12-10-18-14-19/h3-8,10,12,14-15H,9,11,13H2,1-2H3. The van der Waals surface area contributed by atoms with Crippen molar-refractivity contribution in [2.45, 2.75) is 31.7 Å². The molecule has 2 nitrogen and oxygen atoms in total. The van der Waals surface area contributed by atoms with Gasteiger partial charge in [0.1, 0.15) is 0 Å². The summed E-state index contributed by atoms with van der Waals surface area (Å²) in [5.74, 6) is 1.99. The second-order valence-corrected chi connectivity index (χ2v) is 6.43. The maximum Gasteiger partial charge on any atom is 0.0948 e. The molecule has 1 aromatic heterocycles. The normalized spacial score (nSPS) is 11.6. The van der Waals surface area contributed by atoms with Crippen molar-refractivity contribution in [2.75, 3.05) is 5.75 Å². The van der Waals surface area contributed by atoms with Crippen LogP contribution in [0.4, 0.5) is 0 Å². The molecular formula is C17H22N2S. The smallest absolute Gasteiger partial charge is 0.0948 e. The molecule has 0 atom stereocenters. The maximum atomic E-state index is 4.03. The molecule has 0 saturated carbocycles. The average Bonchev–Trinajstić information content (AvgIpc) is 2.93. The van der Waals surface area contributed by atoms with Crippen LogP contribution in [0.15, 0.2) is 54.0 Å². The molecule has 20 heavy (non-hydrogen) atoms. The molecule has 0 aliphatic carbocycles. The molecule has 0 aliphatic heterocycles. The lowest BCUT2D eigenvalue weighted by Gasteiger charge is -2.04. The minimum atomic E-state index is 0.785. The lowest BCUT2D eigenvalue weighted by molar-refractivity contribution is 0.632. The van der Waals surface area contributed by atoms with Crippen molar-refractivity contribution in [3.63, 3.8) is 0 Å². The van der Waals surface area contributed by atoms with E-state index in [9.17, 15) is 0 Å². The summed E-state index contributed by atoms with van der Waals surface area (Å²) in [4.78, 5) is 5.39. The van der Waals surface area contributed by atoms with Crippen molar-refractivity contribution in [3.05, 3.63) is 54.6 Å². The van der Waals surface area contributed by atoms with Gasteiger partial charge in [0.15, 0.2) is 0 Å². The molecule has 0 unspecified atom stereocenters. The van der Waals surface area contributed by atoms with E-state index in [1.807, 2.05) is 28.9 Å². The molecule has 0 aliphatic rings. The van der Waals surface area contributed by atoms with Crippen LogP contribution in [0.1, 0.15) is 25.8 Å².